The van der Waals surface area contributed by atoms with E-state index in [-0.39, 0.29) is 11.7 Å². The molecule has 1 aromatic rings. The van der Waals surface area contributed by atoms with Crippen LogP contribution in [0.1, 0.15) is 53.5 Å². The van der Waals surface area contributed by atoms with E-state index in [1.165, 1.54) is 0 Å². The minimum atomic E-state index is -0.000732. The van der Waals surface area contributed by atoms with Crippen molar-refractivity contribution in [2.45, 2.75) is 54.4 Å². The zero-order chi connectivity index (χ0) is 20.9. The van der Waals surface area contributed by atoms with Crippen LogP contribution >= 0.6 is 0 Å². The van der Waals surface area contributed by atoms with E-state index in [9.17, 15) is 9.90 Å². The Morgan fingerprint density at radius 1 is 1.11 bits per heavy atom. The van der Waals surface area contributed by atoms with Crippen LogP contribution in [0.2, 0.25) is 0 Å². The predicted molar refractivity (Wildman–Crippen MR) is 115 cm³/mol. The molecule has 1 amide bonds. The van der Waals surface area contributed by atoms with Crippen LogP contribution in [-0.4, -0.2) is 48.6 Å². The van der Waals surface area contributed by atoms with Gasteiger partial charge in [0.1, 0.15) is 5.75 Å². The molecule has 0 aromatic heterocycles. The Hall–Kier alpha value is -1.59. The van der Waals surface area contributed by atoms with Gasteiger partial charge in [0.25, 0.3) is 0 Å². The smallest absolute Gasteiger partial charge is 0.224 e. The standard InChI is InChI=1S/C18H31N3O2.C4H10/c1-18(2,3)8-11-21(12-9-19)13-10-20-17(23)14-15-4-6-16(22)7-5-15;1-4(2)3/h4-7,22H,8-14,19H2,1-3H3,(H,20,23);4H,1-3H3. The van der Waals surface area contributed by atoms with Crippen molar-refractivity contribution in [2.75, 3.05) is 32.7 Å². The molecule has 0 bridgehead atoms. The molecule has 1 aromatic carbocycles. The van der Waals surface area contributed by atoms with Gasteiger partial charge in [0.15, 0.2) is 0 Å². The Morgan fingerprint density at radius 3 is 2.15 bits per heavy atom. The molecule has 0 unspecified atom stereocenters. The molecule has 0 fully saturated rings. The molecule has 0 heterocycles. The lowest BCUT2D eigenvalue weighted by molar-refractivity contribution is -0.120. The molecule has 5 nitrogen and oxygen atoms in total. The van der Waals surface area contributed by atoms with Gasteiger partial charge in [0.2, 0.25) is 5.91 Å². The van der Waals surface area contributed by atoms with Crippen LogP contribution in [-0.2, 0) is 11.2 Å². The van der Waals surface area contributed by atoms with Crippen molar-refractivity contribution in [1.29, 1.82) is 0 Å². The second-order valence-corrected chi connectivity index (χ2v) is 8.87. The van der Waals surface area contributed by atoms with Crippen LogP contribution in [0.15, 0.2) is 24.3 Å². The van der Waals surface area contributed by atoms with E-state index in [4.69, 9.17) is 5.73 Å². The zero-order valence-corrected chi connectivity index (χ0v) is 18.2. The molecule has 0 aliphatic carbocycles. The van der Waals surface area contributed by atoms with Crippen molar-refractivity contribution < 1.29 is 9.90 Å². The fourth-order valence-corrected chi connectivity index (χ4v) is 2.23. The number of carbonyl (C=O) groups excluding carboxylic acids is 1. The zero-order valence-electron chi connectivity index (χ0n) is 18.2. The number of rotatable bonds is 9. The maximum Gasteiger partial charge on any atom is 0.224 e. The number of nitrogens with two attached hydrogens (primary N) is 1. The number of hydrogen-bond donors (Lipinski definition) is 3. The summed E-state index contributed by atoms with van der Waals surface area (Å²) in [5.41, 5.74) is 6.86. The average Bonchev–Trinajstić information content (AvgIpc) is 2.53. The molecule has 0 aliphatic rings. The number of hydrogen-bond acceptors (Lipinski definition) is 4. The number of nitrogens with one attached hydrogen (secondary N) is 1. The van der Waals surface area contributed by atoms with E-state index in [1.807, 2.05) is 0 Å². The Morgan fingerprint density at radius 2 is 1.67 bits per heavy atom. The second-order valence-electron chi connectivity index (χ2n) is 8.87. The van der Waals surface area contributed by atoms with Crippen molar-refractivity contribution in [3.63, 3.8) is 0 Å². The molecule has 0 saturated carbocycles. The van der Waals surface area contributed by atoms with E-state index in [0.717, 1.165) is 37.5 Å². The Kier molecular flexibility index (Phi) is 12.8. The highest BCUT2D eigenvalue weighted by molar-refractivity contribution is 5.78. The largest absolute Gasteiger partial charge is 0.508 e. The summed E-state index contributed by atoms with van der Waals surface area (Å²) in [4.78, 5) is 14.2. The molecule has 0 saturated heterocycles. The third-order valence-electron chi connectivity index (χ3n) is 3.67. The van der Waals surface area contributed by atoms with Crippen molar-refractivity contribution in [3.05, 3.63) is 29.8 Å². The van der Waals surface area contributed by atoms with E-state index in [0.29, 0.717) is 24.9 Å². The van der Waals surface area contributed by atoms with Crippen molar-refractivity contribution in [3.8, 4) is 5.75 Å². The lowest BCUT2D eigenvalue weighted by Gasteiger charge is -2.26. The maximum atomic E-state index is 11.9. The Labute approximate surface area is 166 Å². The average molecular weight is 380 g/mol. The highest BCUT2D eigenvalue weighted by Gasteiger charge is 2.13. The molecule has 1 rings (SSSR count). The summed E-state index contributed by atoms with van der Waals surface area (Å²) in [5, 5.41) is 12.2. The highest BCUT2D eigenvalue weighted by atomic mass is 16.3. The molecule has 0 atom stereocenters. The maximum absolute atomic E-state index is 11.9. The first-order valence-electron chi connectivity index (χ1n) is 10.0. The topological polar surface area (TPSA) is 78.6 Å². The van der Waals surface area contributed by atoms with Crippen molar-refractivity contribution in [1.82, 2.24) is 10.2 Å². The second kappa shape index (κ2) is 13.6. The van der Waals surface area contributed by atoms with Gasteiger partial charge < -0.3 is 21.1 Å². The van der Waals surface area contributed by atoms with Crippen molar-refractivity contribution in [2.24, 2.45) is 17.1 Å². The third-order valence-corrected chi connectivity index (χ3v) is 3.67. The monoisotopic (exact) mass is 379 g/mol. The van der Waals surface area contributed by atoms with E-state index in [2.05, 4.69) is 51.8 Å². The molecule has 156 valence electrons. The van der Waals surface area contributed by atoms with Gasteiger partial charge in [-0.05, 0) is 42.0 Å². The minimum Gasteiger partial charge on any atom is -0.508 e. The number of amides is 1. The first-order chi connectivity index (χ1) is 12.5. The van der Waals surface area contributed by atoms with Crippen LogP contribution in [0, 0.1) is 11.3 Å². The first kappa shape index (κ1) is 25.4. The van der Waals surface area contributed by atoms with Gasteiger partial charge in [-0.1, -0.05) is 53.7 Å². The number of nitrogens with zero attached hydrogens (tertiary/aromatic N) is 1. The molecular weight excluding hydrogens is 338 g/mol. The van der Waals surface area contributed by atoms with Crippen LogP contribution in [0.4, 0.5) is 0 Å². The number of aromatic hydroxyl groups is 1. The van der Waals surface area contributed by atoms with Crippen LogP contribution in [0.3, 0.4) is 0 Å². The lowest BCUT2D eigenvalue weighted by Crippen LogP contribution is -2.39. The van der Waals surface area contributed by atoms with Gasteiger partial charge in [-0.15, -0.1) is 0 Å². The summed E-state index contributed by atoms with van der Waals surface area (Å²) in [6.45, 7) is 17.1. The molecule has 5 heteroatoms. The summed E-state index contributed by atoms with van der Waals surface area (Å²) in [7, 11) is 0. The third kappa shape index (κ3) is 16.3. The van der Waals surface area contributed by atoms with Crippen LogP contribution < -0.4 is 11.1 Å². The molecule has 0 spiro atoms. The predicted octanol–water partition coefficient (Wildman–Crippen LogP) is 3.41. The van der Waals surface area contributed by atoms with Gasteiger partial charge in [0.05, 0.1) is 6.42 Å². The van der Waals surface area contributed by atoms with Gasteiger partial charge in [-0.3, -0.25) is 4.79 Å². The lowest BCUT2D eigenvalue weighted by atomic mass is 9.92. The number of phenols is 1. The summed E-state index contributed by atoms with van der Waals surface area (Å²) < 4.78 is 0. The van der Waals surface area contributed by atoms with Crippen LogP contribution in [0.25, 0.3) is 0 Å². The number of carbonyl (C=O) groups is 1. The molecule has 27 heavy (non-hydrogen) atoms. The van der Waals surface area contributed by atoms with Gasteiger partial charge in [-0.2, -0.15) is 0 Å². The summed E-state index contributed by atoms with van der Waals surface area (Å²) in [6.07, 6.45) is 1.44. The summed E-state index contributed by atoms with van der Waals surface area (Å²) in [6, 6.07) is 6.72. The SMILES string of the molecule is CC(C)(C)CCN(CCN)CCNC(=O)Cc1ccc(O)cc1.CC(C)C. The minimum absolute atomic E-state index is 0.000732. The Bertz CT molecular complexity index is 505. The van der Waals surface area contributed by atoms with Crippen LogP contribution in [0.5, 0.6) is 5.75 Å². The van der Waals surface area contributed by atoms with Gasteiger partial charge in [0, 0.05) is 26.2 Å². The van der Waals surface area contributed by atoms with Gasteiger partial charge in [-0.25, -0.2) is 0 Å². The number of phenolic OH excluding ortho intramolecular Hbond substituents is 1. The molecule has 0 aliphatic heterocycles. The number of benzene rings is 1. The van der Waals surface area contributed by atoms with E-state index < -0.39 is 0 Å². The fourth-order valence-electron chi connectivity index (χ4n) is 2.23. The van der Waals surface area contributed by atoms with E-state index >= 15 is 0 Å². The van der Waals surface area contributed by atoms with E-state index in [1.54, 1.807) is 24.3 Å². The highest BCUT2D eigenvalue weighted by Crippen LogP contribution is 2.18. The normalized spacial score (nSPS) is 11.3. The summed E-state index contributed by atoms with van der Waals surface area (Å²) in [5.74, 6) is 1.05. The fraction of sp³-hybridized carbons (Fsp3) is 0.682. The molecular formula is C22H41N3O2. The van der Waals surface area contributed by atoms with Gasteiger partial charge >= 0.3 is 0 Å². The quantitative estimate of drug-likeness (QED) is 0.614. The summed E-state index contributed by atoms with van der Waals surface area (Å²) >= 11 is 0. The Balaban J connectivity index is 0.00000153. The molecule has 4 N–H and O–H groups in total. The molecule has 0 radical (unpaired) electrons. The van der Waals surface area contributed by atoms with Crippen molar-refractivity contribution >= 4 is 5.91 Å². The first-order valence-corrected chi connectivity index (χ1v) is 10.0.